The van der Waals surface area contributed by atoms with Gasteiger partial charge < -0.3 is 4.74 Å². The summed E-state index contributed by atoms with van der Waals surface area (Å²) in [5, 5.41) is 4.32. The van der Waals surface area contributed by atoms with Gasteiger partial charge in [-0.1, -0.05) is 0 Å². The molecule has 4 nitrogen and oxygen atoms in total. The normalized spacial score (nSPS) is 11.1. The number of hydrogen-bond acceptors (Lipinski definition) is 3. The molecule has 2 aromatic rings. The van der Waals surface area contributed by atoms with Crippen molar-refractivity contribution in [1.82, 2.24) is 9.78 Å². The van der Waals surface area contributed by atoms with Crippen LogP contribution in [0.3, 0.4) is 0 Å². The second-order valence-electron chi connectivity index (χ2n) is 5.29. The zero-order chi connectivity index (χ0) is 14.7. The molecule has 0 N–H and O–H groups in total. The number of carbonyl (C=O) groups excluding carboxylic acids is 1. The van der Waals surface area contributed by atoms with Gasteiger partial charge in [-0.3, -0.25) is 9.48 Å². The summed E-state index contributed by atoms with van der Waals surface area (Å²) in [5.74, 6) is 0.761. The maximum Gasteiger partial charge on any atom is 0.150 e. The number of benzene rings is 1. The van der Waals surface area contributed by atoms with Crippen LogP contribution in [0.2, 0.25) is 0 Å². The summed E-state index contributed by atoms with van der Waals surface area (Å²) in [6, 6.07) is 7.66. The Labute approximate surface area is 119 Å². The molecule has 0 saturated heterocycles. The Kier molecular flexibility index (Phi) is 4.23. The van der Waals surface area contributed by atoms with E-state index >= 15 is 0 Å². The third kappa shape index (κ3) is 2.90. The first-order chi connectivity index (χ1) is 9.52. The second-order valence-corrected chi connectivity index (χ2v) is 5.29. The van der Waals surface area contributed by atoms with Gasteiger partial charge in [0.15, 0.2) is 6.29 Å². The summed E-state index contributed by atoms with van der Waals surface area (Å²) < 4.78 is 7.61. The molecule has 0 bridgehead atoms. The molecule has 0 aliphatic rings. The molecule has 1 heterocycles. The topological polar surface area (TPSA) is 44.1 Å². The van der Waals surface area contributed by atoms with Crippen molar-refractivity contribution < 1.29 is 9.53 Å². The summed E-state index contributed by atoms with van der Waals surface area (Å²) in [5.41, 5.74) is 2.42. The Balaban J connectivity index is 2.52. The SMILES string of the molecule is CC(C)Oc1ccc(C=O)c(-c2ccnn2C(C)C)c1. The molecule has 20 heavy (non-hydrogen) atoms. The predicted octanol–water partition coefficient (Wildman–Crippen LogP) is 3.73. The lowest BCUT2D eigenvalue weighted by Gasteiger charge is -2.15. The van der Waals surface area contributed by atoms with Gasteiger partial charge in [-0.2, -0.15) is 5.10 Å². The van der Waals surface area contributed by atoms with E-state index in [4.69, 9.17) is 4.74 Å². The molecular formula is C16H20N2O2. The molecule has 1 aromatic heterocycles. The number of carbonyl (C=O) groups is 1. The van der Waals surface area contributed by atoms with Crippen molar-refractivity contribution in [2.75, 3.05) is 0 Å². The van der Waals surface area contributed by atoms with E-state index in [1.807, 2.05) is 36.7 Å². The lowest BCUT2D eigenvalue weighted by atomic mass is 10.0. The monoisotopic (exact) mass is 272 g/mol. The van der Waals surface area contributed by atoms with Gasteiger partial charge in [0.2, 0.25) is 0 Å². The second kappa shape index (κ2) is 5.90. The largest absolute Gasteiger partial charge is 0.491 e. The number of nitrogens with zero attached hydrogens (tertiary/aromatic N) is 2. The van der Waals surface area contributed by atoms with Gasteiger partial charge in [0.1, 0.15) is 5.75 Å². The van der Waals surface area contributed by atoms with Crippen molar-refractivity contribution >= 4 is 6.29 Å². The van der Waals surface area contributed by atoms with Gasteiger partial charge in [-0.25, -0.2) is 0 Å². The molecule has 1 aromatic carbocycles. The summed E-state index contributed by atoms with van der Waals surface area (Å²) in [6.45, 7) is 8.08. The lowest BCUT2D eigenvalue weighted by Crippen LogP contribution is -2.08. The first kappa shape index (κ1) is 14.3. The van der Waals surface area contributed by atoms with Crippen LogP contribution in [-0.4, -0.2) is 22.2 Å². The Morgan fingerprint density at radius 3 is 2.55 bits per heavy atom. The van der Waals surface area contributed by atoms with Crippen LogP contribution in [0.5, 0.6) is 5.75 Å². The fourth-order valence-corrected chi connectivity index (χ4v) is 2.14. The fourth-order valence-electron chi connectivity index (χ4n) is 2.14. The Morgan fingerprint density at radius 2 is 1.95 bits per heavy atom. The van der Waals surface area contributed by atoms with Crippen molar-refractivity contribution in [2.45, 2.75) is 39.8 Å². The molecule has 0 fully saturated rings. The summed E-state index contributed by atoms with van der Waals surface area (Å²) in [6.07, 6.45) is 2.71. The fraction of sp³-hybridized carbons (Fsp3) is 0.375. The molecule has 0 spiro atoms. The highest BCUT2D eigenvalue weighted by molar-refractivity contribution is 5.87. The minimum Gasteiger partial charge on any atom is -0.491 e. The molecule has 0 unspecified atom stereocenters. The molecule has 0 amide bonds. The average Bonchev–Trinajstić information content (AvgIpc) is 2.87. The van der Waals surface area contributed by atoms with Crippen molar-refractivity contribution in [1.29, 1.82) is 0 Å². The van der Waals surface area contributed by atoms with Gasteiger partial charge in [-0.15, -0.1) is 0 Å². The number of ether oxygens (including phenoxy) is 1. The van der Waals surface area contributed by atoms with Crippen molar-refractivity contribution in [3.05, 3.63) is 36.0 Å². The maximum atomic E-state index is 11.3. The highest BCUT2D eigenvalue weighted by Crippen LogP contribution is 2.29. The third-order valence-corrected chi connectivity index (χ3v) is 2.96. The zero-order valence-electron chi connectivity index (χ0n) is 12.3. The lowest BCUT2D eigenvalue weighted by molar-refractivity contribution is 0.112. The van der Waals surface area contributed by atoms with Crippen LogP contribution in [0.1, 0.15) is 44.1 Å². The van der Waals surface area contributed by atoms with Gasteiger partial charge in [-0.05, 0) is 52.0 Å². The molecule has 0 saturated carbocycles. The van der Waals surface area contributed by atoms with Gasteiger partial charge >= 0.3 is 0 Å². The van der Waals surface area contributed by atoms with Crippen LogP contribution in [0, 0.1) is 0 Å². The molecule has 106 valence electrons. The van der Waals surface area contributed by atoms with E-state index in [2.05, 4.69) is 18.9 Å². The first-order valence-corrected chi connectivity index (χ1v) is 6.82. The van der Waals surface area contributed by atoms with Crippen LogP contribution in [0.15, 0.2) is 30.5 Å². The van der Waals surface area contributed by atoms with Crippen LogP contribution in [-0.2, 0) is 0 Å². The van der Waals surface area contributed by atoms with E-state index in [1.54, 1.807) is 12.3 Å². The number of aldehydes is 1. The van der Waals surface area contributed by atoms with Gasteiger partial charge in [0, 0.05) is 23.4 Å². The van der Waals surface area contributed by atoms with E-state index < -0.39 is 0 Å². The molecule has 0 aliphatic heterocycles. The summed E-state index contributed by atoms with van der Waals surface area (Å²) >= 11 is 0. The number of aromatic nitrogens is 2. The third-order valence-electron chi connectivity index (χ3n) is 2.96. The first-order valence-electron chi connectivity index (χ1n) is 6.82. The molecule has 4 heteroatoms. The van der Waals surface area contributed by atoms with E-state index in [9.17, 15) is 4.79 Å². The molecule has 0 radical (unpaired) electrons. The highest BCUT2D eigenvalue weighted by Gasteiger charge is 2.13. The predicted molar refractivity (Wildman–Crippen MR) is 79.2 cm³/mol. The van der Waals surface area contributed by atoms with Crippen LogP contribution < -0.4 is 4.74 Å². The number of rotatable bonds is 5. The molecular weight excluding hydrogens is 252 g/mol. The quantitative estimate of drug-likeness (QED) is 0.779. The minimum absolute atomic E-state index is 0.0972. The van der Waals surface area contributed by atoms with E-state index in [1.165, 1.54) is 0 Å². The average molecular weight is 272 g/mol. The standard InChI is InChI=1S/C16H20N2O2/c1-11(2)18-16(7-8-17-18)15-9-14(20-12(3)4)6-5-13(15)10-19/h5-12H,1-4H3. The van der Waals surface area contributed by atoms with Crippen LogP contribution in [0.25, 0.3) is 11.3 Å². The van der Waals surface area contributed by atoms with Gasteiger partial charge in [0.25, 0.3) is 0 Å². The van der Waals surface area contributed by atoms with Crippen molar-refractivity contribution in [3.8, 4) is 17.0 Å². The molecule has 2 rings (SSSR count). The number of hydrogen-bond donors (Lipinski definition) is 0. The minimum atomic E-state index is 0.0972. The Hall–Kier alpha value is -2.10. The Morgan fingerprint density at radius 1 is 1.20 bits per heavy atom. The zero-order valence-corrected chi connectivity index (χ0v) is 12.3. The summed E-state index contributed by atoms with van der Waals surface area (Å²) in [4.78, 5) is 11.3. The van der Waals surface area contributed by atoms with E-state index in [0.717, 1.165) is 23.3 Å². The van der Waals surface area contributed by atoms with Crippen LogP contribution in [0.4, 0.5) is 0 Å². The van der Waals surface area contributed by atoms with Crippen LogP contribution >= 0.6 is 0 Å². The van der Waals surface area contributed by atoms with E-state index in [-0.39, 0.29) is 12.1 Å². The smallest absolute Gasteiger partial charge is 0.150 e. The Bertz CT molecular complexity index is 600. The highest BCUT2D eigenvalue weighted by atomic mass is 16.5. The molecule has 0 atom stereocenters. The van der Waals surface area contributed by atoms with E-state index in [0.29, 0.717) is 5.56 Å². The van der Waals surface area contributed by atoms with Gasteiger partial charge in [0.05, 0.1) is 11.8 Å². The van der Waals surface area contributed by atoms with Crippen molar-refractivity contribution in [2.24, 2.45) is 0 Å². The maximum absolute atomic E-state index is 11.3. The summed E-state index contributed by atoms with van der Waals surface area (Å²) in [7, 11) is 0. The van der Waals surface area contributed by atoms with Crippen molar-refractivity contribution in [3.63, 3.8) is 0 Å². The molecule has 0 aliphatic carbocycles.